The Morgan fingerprint density at radius 1 is 1.45 bits per heavy atom. The van der Waals surface area contributed by atoms with Crippen molar-refractivity contribution in [3.05, 3.63) is 0 Å². The van der Waals surface area contributed by atoms with Crippen molar-refractivity contribution < 1.29 is 9.53 Å². The van der Waals surface area contributed by atoms with E-state index in [1.807, 2.05) is 0 Å². The quantitative estimate of drug-likeness (QED) is 0.508. The molecule has 0 amide bonds. The van der Waals surface area contributed by atoms with Crippen LogP contribution in [-0.2, 0) is 9.53 Å². The largest absolute Gasteiger partial charge is 0.469 e. The van der Waals surface area contributed by atoms with Crippen LogP contribution in [0, 0.1) is 0 Å². The zero-order valence-corrected chi connectivity index (χ0v) is 7.87. The van der Waals surface area contributed by atoms with E-state index in [-0.39, 0.29) is 18.4 Å². The molecule has 0 bridgehead atoms. The SMILES string of the molecule is CCCNCCC(=O)OC.Cl. The van der Waals surface area contributed by atoms with E-state index in [9.17, 15) is 4.79 Å². The normalized spacial score (nSPS) is 8.55. The maximum Gasteiger partial charge on any atom is 0.306 e. The fourth-order valence-electron chi connectivity index (χ4n) is 0.594. The minimum absolute atomic E-state index is 0. The van der Waals surface area contributed by atoms with Gasteiger partial charge in [-0.25, -0.2) is 0 Å². The van der Waals surface area contributed by atoms with Gasteiger partial charge in [0.2, 0.25) is 0 Å². The first-order valence-corrected chi connectivity index (χ1v) is 3.58. The number of carbonyl (C=O) groups excluding carboxylic acids is 1. The van der Waals surface area contributed by atoms with Crippen LogP contribution in [0.5, 0.6) is 0 Å². The van der Waals surface area contributed by atoms with Crippen LogP contribution in [0.3, 0.4) is 0 Å². The molecule has 0 rings (SSSR count). The van der Waals surface area contributed by atoms with Crippen molar-refractivity contribution in [2.75, 3.05) is 20.2 Å². The van der Waals surface area contributed by atoms with Crippen molar-refractivity contribution in [2.24, 2.45) is 0 Å². The third kappa shape index (κ3) is 9.72. The lowest BCUT2D eigenvalue weighted by Gasteiger charge is -2.00. The van der Waals surface area contributed by atoms with Crippen LogP contribution >= 0.6 is 12.4 Å². The highest BCUT2D eigenvalue weighted by atomic mass is 35.5. The minimum atomic E-state index is -0.149. The summed E-state index contributed by atoms with van der Waals surface area (Å²) in [5, 5.41) is 3.10. The Morgan fingerprint density at radius 2 is 2.09 bits per heavy atom. The van der Waals surface area contributed by atoms with Gasteiger partial charge in [-0.15, -0.1) is 12.4 Å². The molecular formula is C7H16ClNO2. The molecule has 0 aliphatic carbocycles. The molecule has 0 radical (unpaired) electrons. The summed E-state index contributed by atoms with van der Waals surface area (Å²) in [7, 11) is 1.40. The Morgan fingerprint density at radius 3 is 2.55 bits per heavy atom. The number of rotatable bonds is 5. The highest BCUT2D eigenvalue weighted by Gasteiger charge is 1.96. The van der Waals surface area contributed by atoms with E-state index in [0.717, 1.165) is 19.5 Å². The van der Waals surface area contributed by atoms with Crippen LogP contribution < -0.4 is 5.32 Å². The highest BCUT2D eigenvalue weighted by molar-refractivity contribution is 5.85. The second kappa shape index (κ2) is 9.72. The summed E-state index contributed by atoms with van der Waals surface area (Å²) < 4.78 is 4.45. The molecule has 0 aliphatic heterocycles. The van der Waals surface area contributed by atoms with Gasteiger partial charge in [-0.05, 0) is 13.0 Å². The maximum atomic E-state index is 10.5. The van der Waals surface area contributed by atoms with E-state index < -0.39 is 0 Å². The van der Waals surface area contributed by atoms with E-state index >= 15 is 0 Å². The summed E-state index contributed by atoms with van der Waals surface area (Å²) >= 11 is 0. The summed E-state index contributed by atoms with van der Waals surface area (Å²) in [5.74, 6) is -0.149. The minimum Gasteiger partial charge on any atom is -0.469 e. The first-order valence-electron chi connectivity index (χ1n) is 3.58. The standard InChI is InChI=1S/C7H15NO2.ClH/c1-3-5-8-6-4-7(9)10-2;/h8H,3-6H2,1-2H3;1H. The molecule has 68 valence electrons. The van der Waals surface area contributed by atoms with Gasteiger partial charge in [0, 0.05) is 6.54 Å². The topological polar surface area (TPSA) is 38.3 Å². The summed E-state index contributed by atoms with van der Waals surface area (Å²) in [6.45, 7) is 3.78. The first kappa shape index (κ1) is 13.3. The molecule has 0 heterocycles. The second-order valence-electron chi connectivity index (χ2n) is 2.08. The predicted octanol–water partition coefficient (Wildman–Crippen LogP) is 0.971. The summed E-state index contributed by atoms with van der Waals surface area (Å²) in [6, 6.07) is 0. The van der Waals surface area contributed by atoms with E-state index in [0.29, 0.717) is 6.42 Å². The second-order valence-corrected chi connectivity index (χ2v) is 2.08. The van der Waals surface area contributed by atoms with Crippen molar-refractivity contribution in [1.82, 2.24) is 5.32 Å². The highest BCUT2D eigenvalue weighted by Crippen LogP contribution is 1.80. The van der Waals surface area contributed by atoms with Gasteiger partial charge in [-0.1, -0.05) is 6.92 Å². The average Bonchev–Trinajstić information content (AvgIpc) is 1.98. The molecule has 0 unspecified atom stereocenters. The zero-order valence-electron chi connectivity index (χ0n) is 7.05. The molecular weight excluding hydrogens is 166 g/mol. The van der Waals surface area contributed by atoms with E-state index in [4.69, 9.17) is 0 Å². The number of methoxy groups -OCH3 is 1. The number of hydrogen-bond donors (Lipinski definition) is 1. The number of ether oxygens (including phenoxy) is 1. The molecule has 3 nitrogen and oxygen atoms in total. The van der Waals surface area contributed by atoms with Gasteiger partial charge in [0.05, 0.1) is 13.5 Å². The number of esters is 1. The molecule has 0 aromatic rings. The van der Waals surface area contributed by atoms with Gasteiger partial charge < -0.3 is 10.1 Å². The summed E-state index contributed by atoms with van der Waals surface area (Å²) in [4.78, 5) is 10.5. The lowest BCUT2D eigenvalue weighted by atomic mass is 10.4. The van der Waals surface area contributed by atoms with Crippen molar-refractivity contribution in [1.29, 1.82) is 0 Å². The van der Waals surface area contributed by atoms with Crippen LogP contribution in [0.1, 0.15) is 19.8 Å². The lowest BCUT2D eigenvalue weighted by Crippen LogP contribution is -2.19. The van der Waals surface area contributed by atoms with Crippen LogP contribution in [0.2, 0.25) is 0 Å². The van der Waals surface area contributed by atoms with Gasteiger partial charge in [0.1, 0.15) is 0 Å². The Balaban J connectivity index is 0. The molecule has 1 N–H and O–H groups in total. The molecule has 0 fully saturated rings. The number of hydrogen-bond acceptors (Lipinski definition) is 3. The van der Waals surface area contributed by atoms with Gasteiger partial charge in [0.25, 0.3) is 0 Å². The molecule has 0 atom stereocenters. The van der Waals surface area contributed by atoms with Crippen LogP contribution in [-0.4, -0.2) is 26.2 Å². The van der Waals surface area contributed by atoms with E-state index in [1.165, 1.54) is 7.11 Å². The number of carbonyl (C=O) groups is 1. The molecule has 0 saturated carbocycles. The molecule has 4 heteroatoms. The van der Waals surface area contributed by atoms with Crippen LogP contribution in [0.15, 0.2) is 0 Å². The van der Waals surface area contributed by atoms with Crippen molar-refractivity contribution in [2.45, 2.75) is 19.8 Å². The molecule has 0 spiro atoms. The summed E-state index contributed by atoms with van der Waals surface area (Å²) in [5.41, 5.74) is 0. The molecule has 0 aliphatic rings. The fraction of sp³-hybridized carbons (Fsp3) is 0.857. The van der Waals surface area contributed by atoms with Gasteiger partial charge in [-0.3, -0.25) is 4.79 Å². The van der Waals surface area contributed by atoms with Gasteiger partial charge in [-0.2, -0.15) is 0 Å². The number of nitrogens with one attached hydrogen (secondary N) is 1. The van der Waals surface area contributed by atoms with Gasteiger partial charge >= 0.3 is 5.97 Å². The molecule has 0 aromatic carbocycles. The third-order valence-corrected chi connectivity index (χ3v) is 1.16. The maximum absolute atomic E-state index is 10.5. The predicted molar refractivity (Wildman–Crippen MR) is 47.0 cm³/mol. The Bertz CT molecular complexity index is 98.4. The van der Waals surface area contributed by atoms with Crippen LogP contribution in [0.25, 0.3) is 0 Å². The lowest BCUT2D eigenvalue weighted by molar-refractivity contribution is -0.140. The Labute approximate surface area is 73.9 Å². The Kier molecular flexibility index (Phi) is 11.8. The van der Waals surface area contributed by atoms with Crippen molar-refractivity contribution in [3.8, 4) is 0 Å². The van der Waals surface area contributed by atoms with E-state index in [2.05, 4.69) is 17.0 Å². The van der Waals surface area contributed by atoms with Crippen molar-refractivity contribution in [3.63, 3.8) is 0 Å². The molecule has 0 saturated heterocycles. The summed E-state index contributed by atoms with van der Waals surface area (Å²) in [6.07, 6.45) is 1.57. The Hall–Kier alpha value is -0.280. The van der Waals surface area contributed by atoms with Crippen molar-refractivity contribution >= 4 is 18.4 Å². The fourth-order valence-corrected chi connectivity index (χ4v) is 0.594. The molecule has 11 heavy (non-hydrogen) atoms. The monoisotopic (exact) mass is 181 g/mol. The van der Waals surface area contributed by atoms with Crippen LogP contribution in [0.4, 0.5) is 0 Å². The average molecular weight is 182 g/mol. The van der Waals surface area contributed by atoms with E-state index in [1.54, 1.807) is 0 Å². The third-order valence-electron chi connectivity index (χ3n) is 1.16. The van der Waals surface area contributed by atoms with Gasteiger partial charge in [0.15, 0.2) is 0 Å². The number of halogens is 1. The zero-order chi connectivity index (χ0) is 7.82. The first-order chi connectivity index (χ1) is 4.81. The molecule has 0 aromatic heterocycles. The smallest absolute Gasteiger partial charge is 0.306 e.